The Morgan fingerprint density at radius 2 is 0.836 bits per heavy atom. The zero-order valence-corrected chi connectivity index (χ0v) is 34.1. The molecule has 290 valence electrons. The lowest BCUT2D eigenvalue weighted by atomic mass is 10.0. The van der Waals surface area contributed by atoms with Crippen molar-refractivity contribution in [2.45, 2.75) is 26.2 Å². The summed E-state index contributed by atoms with van der Waals surface area (Å²) in [5.41, 5.74) is 17.0. The van der Waals surface area contributed by atoms with Crippen molar-refractivity contribution in [3.8, 4) is 39.3 Å². The quantitative estimate of drug-likeness (QED) is 0.146. The minimum absolute atomic E-state index is 1.11. The number of aryl methyl sites for hydroxylation is 1. The third kappa shape index (κ3) is 5.65. The van der Waals surface area contributed by atoms with Crippen molar-refractivity contribution in [2.75, 3.05) is 0 Å². The van der Waals surface area contributed by atoms with Crippen molar-refractivity contribution < 1.29 is 0 Å². The first-order valence-corrected chi connectivity index (χ1v) is 21.6. The summed E-state index contributed by atoms with van der Waals surface area (Å²) in [4.78, 5) is 0. The number of hydrogen-bond donors (Lipinski definition) is 0. The van der Waals surface area contributed by atoms with Crippen molar-refractivity contribution in [3.05, 3.63) is 212 Å². The highest BCUT2D eigenvalue weighted by molar-refractivity contribution is 6.26. The molecule has 0 radical (unpaired) electrons. The van der Waals surface area contributed by atoms with E-state index in [4.69, 9.17) is 0 Å². The van der Waals surface area contributed by atoms with Crippen LogP contribution in [0.3, 0.4) is 0 Å². The van der Waals surface area contributed by atoms with Gasteiger partial charge in [0.25, 0.3) is 0 Å². The van der Waals surface area contributed by atoms with Crippen LogP contribution in [0.4, 0.5) is 0 Å². The van der Waals surface area contributed by atoms with E-state index in [0.29, 0.717) is 0 Å². The van der Waals surface area contributed by atoms with Gasteiger partial charge >= 0.3 is 0 Å². The molecule has 61 heavy (non-hydrogen) atoms. The molecule has 0 unspecified atom stereocenters. The molecular weight excluding hydrogens is 739 g/mol. The van der Waals surface area contributed by atoms with E-state index in [1.807, 2.05) is 0 Å². The second-order valence-corrected chi connectivity index (χ2v) is 16.4. The summed E-state index contributed by atoms with van der Waals surface area (Å²) in [6.45, 7) is 2.27. The van der Waals surface area contributed by atoms with Crippen LogP contribution < -0.4 is 0 Å². The van der Waals surface area contributed by atoms with E-state index in [0.717, 1.165) is 17.8 Å². The smallest absolute Gasteiger partial charge is 0.0641 e. The molecule has 0 aliphatic heterocycles. The predicted molar refractivity (Wildman–Crippen MR) is 259 cm³/mol. The lowest BCUT2D eigenvalue weighted by Gasteiger charge is -2.12. The zero-order valence-electron chi connectivity index (χ0n) is 34.1. The molecule has 3 nitrogen and oxygen atoms in total. The summed E-state index contributed by atoms with van der Waals surface area (Å²) in [6.07, 6.45) is 3.51. The van der Waals surface area contributed by atoms with Gasteiger partial charge in [0.2, 0.25) is 0 Å². The van der Waals surface area contributed by atoms with Gasteiger partial charge in [-0.2, -0.15) is 0 Å². The fraction of sp³-hybridized carbons (Fsp3) is 0.0690. The van der Waals surface area contributed by atoms with E-state index >= 15 is 0 Å². The number of aromatic nitrogens is 3. The summed E-state index contributed by atoms with van der Waals surface area (Å²) in [7, 11) is 0. The Labute approximate surface area is 355 Å². The Bertz CT molecular complexity index is 3590. The molecule has 3 aromatic heterocycles. The maximum Gasteiger partial charge on any atom is 0.0641 e. The number of rotatable bonds is 8. The molecule has 0 fully saturated rings. The molecule has 9 aromatic carbocycles. The van der Waals surface area contributed by atoms with Gasteiger partial charge in [0.05, 0.1) is 33.1 Å². The number of nitrogens with zero attached hydrogens (tertiary/aromatic N) is 3. The Kier molecular flexibility index (Phi) is 8.28. The van der Waals surface area contributed by atoms with Crippen LogP contribution in [0.5, 0.6) is 0 Å². The van der Waals surface area contributed by atoms with Crippen LogP contribution >= 0.6 is 0 Å². The van der Waals surface area contributed by atoms with E-state index in [-0.39, 0.29) is 0 Å². The maximum atomic E-state index is 2.48. The van der Waals surface area contributed by atoms with E-state index < -0.39 is 0 Å². The first-order valence-electron chi connectivity index (χ1n) is 21.6. The van der Waals surface area contributed by atoms with Crippen LogP contribution in [0.25, 0.3) is 105 Å². The molecule has 12 rings (SSSR count). The van der Waals surface area contributed by atoms with E-state index in [9.17, 15) is 0 Å². The first kappa shape index (κ1) is 35.3. The van der Waals surface area contributed by atoms with Gasteiger partial charge in [-0.1, -0.05) is 147 Å². The number of fused-ring (bicyclic) bond motifs is 10. The molecule has 0 saturated carbocycles. The van der Waals surface area contributed by atoms with Crippen molar-refractivity contribution in [3.63, 3.8) is 0 Å². The largest absolute Gasteiger partial charge is 0.309 e. The van der Waals surface area contributed by atoms with Gasteiger partial charge in [0.15, 0.2) is 0 Å². The molecule has 0 N–H and O–H groups in total. The van der Waals surface area contributed by atoms with Gasteiger partial charge in [-0.25, -0.2) is 0 Å². The SMILES string of the molecule is CCCCc1ccc2c(c1)c1ccc(-c3ccc(-n4c5ccccc5c5ccc6c(c7ccccc7n6-c6ccc(-c7ccccc7)cc6)c54)cc3)cc1n2-c1ccccc1. The molecule has 0 amide bonds. The van der Waals surface area contributed by atoms with Crippen molar-refractivity contribution >= 4 is 65.4 Å². The second kappa shape index (κ2) is 14.3. The molecule has 12 aromatic rings. The van der Waals surface area contributed by atoms with Crippen molar-refractivity contribution in [1.29, 1.82) is 0 Å². The van der Waals surface area contributed by atoms with Crippen LogP contribution in [0.15, 0.2) is 206 Å². The van der Waals surface area contributed by atoms with Crippen LogP contribution in [0, 0.1) is 0 Å². The molecule has 0 spiro atoms. The third-order valence-electron chi connectivity index (χ3n) is 12.8. The molecule has 0 aliphatic rings. The van der Waals surface area contributed by atoms with Crippen LogP contribution in [0.2, 0.25) is 0 Å². The molecular formula is C58H43N3. The summed E-state index contributed by atoms with van der Waals surface area (Å²) in [5.74, 6) is 0. The minimum Gasteiger partial charge on any atom is -0.309 e. The maximum absolute atomic E-state index is 2.48. The van der Waals surface area contributed by atoms with Gasteiger partial charge in [-0.15, -0.1) is 0 Å². The zero-order chi connectivity index (χ0) is 40.4. The average molecular weight is 782 g/mol. The molecule has 0 atom stereocenters. The second-order valence-electron chi connectivity index (χ2n) is 16.4. The molecule has 0 saturated heterocycles. The van der Waals surface area contributed by atoms with Crippen molar-refractivity contribution in [2.24, 2.45) is 0 Å². The lowest BCUT2D eigenvalue weighted by molar-refractivity contribution is 0.796. The van der Waals surface area contributed by atoms with Gasteiger partial charge in [-0.3, -0.25) is 0 Å². The molecule has 0 aliphatic carbocycles. The summed E-state index contributed by atoms with van der Waals surface area (Å²) in [6, 6.07) is 76.1. The third-order valence-corrected chi connectivity index (χ3v) is 12.8. The Morgan fingerprint density at radius 1 is 0.328 bits per heavy atom. The predicted octanol–water partition coefficient (Wildman–Crippen LogP) is 15.7. The summed E-state index contributed by atoms with van der Waals surface area (Å²) < 4.78 is 7.35. The summed E-state index contributed by atoms with van der Waals surface area (Å²) in [5, 5.41) is 7.62. The Hall–Kier alpha value is -7.62. The van der Waals surface area contributed by atoms with Crippen LogP contribution in [-0.2, 0) is 6.42 Å². The highest BCUT2D eigenvalue weighted by Gasteiger charge is 2.21. The highest BCUT2D eigenvalue weighted by atomic mass is 15.0. The van der Waals surface area contributed by atoms with Gasteiger partial charge < -0.3 is 13.7 Å². The number of unbranched alkanes of at least 4 members (excludes halogenated alkanes) is 1. The first-order chi connectivity index (χ1) is 30.2. The van der Waals surface area contributed by atoms with Gasteiger partial charge in [-0.05, 0) is 113 Å². The van der Waals surface area contributed by atoms with Gasteiger partial charge in [0.1, 0.15) is 0 Å². The van der Waals surface area contributed by atoms with Crippen molar-refractivity contribution in [1.82, 2.24) is 13.7 Å². The standard InChI is InChI=1S/C58H43N3/c1-2-3-14-39-23-35-54-51(37-39)48-33-28-43(38-56(48)60(54)44-17-8-5-9-18-44)42-26-31-46(32-27-42)61-52-21-12-10-19-47(52)49-34-36-55-57(58(49)61)50-20-11-13-22-53(50)59(55)45-29-24-41(25-30-45)40-15-6-4-7-16-40/h4-13,15-38H,2-3,14H2,1H3. The Balaban J connectivity index is 1.02. The van der Waals surface area contributed by atoms with E-state index in [2.05, 4.69) is 227 Å². The monoisotopic (exact) mass is 781 g/mol. The number of hydrogen-bond acceptors (Lipinski definition) is 0. The fourth-order valence-corrected chi connectivity index (χ4v) is 9.93. The normalized spacial score (nSPS) is 11.9. The van der Waals surface area contributed by atoms with E-state index in [1.54, 1.807) is 0 Å². The minimum atomic E-state index is 1.11. The average Bonchev–Trinajstić information content (AvgIpc) is 3.97. The van der Waals surface area contributed by atoms with Crippen LogP contribution in [-0.4, -0.2) is 13.7 Å². The van der Waals surface area contributed by atoms with Gasteiger partial charge in [0, 0.05) is 49.4 Å². The molecule has 3 heterocycles. The Morgan fingerprint density at radius 3 is 1.57 bits per heavy atom. The molecule has 3 heteroatoms. The fourth-order valence-electron chi connectivity index (χ4n) is 9.93. The summed E-state index contributed by atoms with van der Waals surface area (Å²) >= 11 is 0. The van der Waals surface area contributed by atoms with E-state index in [1.165, 1.54) is 112 Å². The topological polar surface area (TPSA) is 14.8 Å². The van der Waals surface area contributed by atoms with Crippen LogP contribution in [0.1, 0.15) is 25.3 Å². The highest BCUT2D eigenvalue weighted by Crippen LogP contribution is 2.43. The molecule has 0 bridgehead atoms. The lowest BCUT2D eigenvalue weighted by Crippen LogP contribution is -1.96. The number of benzene rings is 9. The number of para-hydroxylation sites is 3.